The fourth-order valence-electron chi connectivity index (χ4n) is 2.96. The van der Waals surface area contributed by atoms with Gasteiger partial charge >= 0.3 is 5.97 Å². The van der Waals surface area contributed by atoms with Crippen LogP contribution in [-0.4, -0.2) is 49.7 Å². The monoisotopic (exact) mass is 284 g/mol. The third kappa shape index (κ3) is 6.71. The Hall–Kier alpha value is -0.610. The number of carbonyl (C=O) groups excluding carboxylic acids is 1. The Bertz CT molecular complexity index is 282. The number of piperidine rings is 1. The van der Waals surface area contributed by atoms with Crippen LogP contribution in [-0.2, 0) is 9.53 Å². The molecule has 1 heterocycles. The van der Waals surface area contributed by atoms with Crippen LogP contribution in [0.15, 0.2) is 0 Å². The number of likely N-dealkylation sites (tertiary alicyclic amines) is 1. The number of hydrogen-bond donors (Lipinski definition) is 1. The van der Waals surface area contributed by atoms with E-state index in [0.29, 0.717) is 30.9 Å². The summed E-state index contributed by atoms with van der Waals surface area (Å²) in [7, 11) is 0. The van der Waals surface area contributed by atoms with Gasteiger partial charge in [-0.2, -0.15) is 0 Å². The maximum Gasteiger partial charge on any atom is 0.306 e. The molecule has 0 amide bonds. The molecule has 0 radical (unpaired) electrons. The SMILES string of the molecule is CCCN1CC(CC(=O)OCC)CC(NCC(C)C)C1. The highest BCUT2D eigenvalue weighted by molar-refractivity contribution is 5.69. The lowest BCUT2D eigenvalue weighted by molar-refractivity contribution is -0.144. The van der Waals surface area contributed by atoms with E-state index in [1.54, 1.807) is 0 Å². The molecule has 1 N–H and O–H groups in total. The molecule has 0 saturated carbocycles. The van der Waals surface area contributed by atoms with Crippen LogP contribution >= 0.6 is 0 Å². The van der Waals surface area contributed by atoms with Crippen molar-refractivity contribution in [1.82, 2.24) is 10.2 Å². The van der Waals surface area contributed by atoms with Crippen LogP contribution < -0.4 is 5.32 Å². The minimum atomic E-state index is -0.0431. The molecule has 0 bridgehead atoms. The van der Waals surface area contributed by atoms with Gasteiger partial charge in [-0.05, 0) is 44.7 Å². The van der Waals surface area contributed by atoms with E-state index in [9.17, 15) is 4.79 Å². The van der Waals surface area contributed by atoms with E-state index in [4.69, 9.17) is 4.74 Å². The van der Waals surface area contributed by atoms with Gasteiger partial charge in [-0.1, -0.05) is 20.8 Å². The third-order valence-corrected chi connectivity index (χ3v) is 3.73. The largest absolute Gasteiger partial charge is 0.466 e. The van der Waals surface area contributed by atoms with Gasteiger partial charge in [0.05, 0.1) is 6.61 Å². The van der Waals surface area contributed by atoms with E-state index in [2.05, 4.69) is 31.0 Å². The number of nitrogens with zero attached hydrogens (tertiary/aromatic N) is 1. The van der Waals surface area contributed by atoms with Crippen molar-refractivity contribution in [2.24, 2.45) is 11.8 Å². The molecule has 2 atom stereocenters. The minimum Gasteiger partial charge on any atom is -0.466 e. The molecule has 1 aliphatic heterocycles. The summed E-state index contributed by atoms with van der Waals surface area (Å²) < 4.78 is 5.10. The molecule has 20 heavy (non-hydrogen) atoms. The lowest BCUT2D eigenvalue weighted by Crippen LogP contribution is -2.50. The van der Waals surface area contributed by atoms with Crippen LogP contribution in [0.2, 0.25) is 0 Å². The molecular weight excluding hydrogens is 252 g/mol. The zero-order valence-corrected chi connectivity index (χ0v) is 13.7. The second-order valence-corrected chi connectivity index (χ2v) is 6.37. The number of carbonyl (C=O) groups is 1. The topological polar surface area (TPSA) is 41.6 Å². The Balaban J connectivity index is 2.48. The second-order valence-electron chi connectivity index (χ2n) is 6.37. The molecule has 2 unspecified atom stereocenters. The van der Waals surface area contributed by atoms with Gasteiger partial charge < -0.3 is 15.0 Å². The molecule has 4 nitrogen and oxygen atoms in total. The summed E-state index contributed by atoms with van der Waals surface area (Å²) in [5, 5.41) is 3.65. The van der Waals surface area contributed by atoms with Gasteiger partial charge in [0.25, 0.3) is 0 Å². The predicted molar refractivity (Wildman–Crippen MR) is 82.7 cm³/mol. The van der Waals surface area contributed by atoms with Crippen molar-refractivity contribution in [1.29, 1.82) is 0 Å². The molecule has 1 aliphatic rings. The van der Waals surface area contributed by atoms with Crippen LogP contribution in [0.3, 0.4) is 0 Å². The highest BCUT2D eigenvalue weighted by Gasteiger charge is 2.28. The van der Waals surface area contributed by atoms with E-state index >= 15 is 0 Å². The Morgan fingerprint density at radius 3 is 2.70 bits per heavy atom. The van der Waals surface area contributed by atoms with E-state index in [-0.39, 0.29) is 5.97 Å². The van der Waals surface area contributed by atoms with Crippen LogP contribution in [0.1, 0.15) is 47.0 Å². The summed E-state index contributed by atoms with van der Waals surface area (Å²) >= 11 is 0. The molecular formula is C16H32N2O2. The molecule has 1 saturated heterocycles. The van der Waals surface area contributed by atoms with E-state index in [1.165, 1.54) is 6.42 Å². The predicted octanol–water partition coefficient (Wildman–Crippen LogP) is 2.29. The van der Waals surface area contributed by atoms with Crippen molar-refractivity contribution in [3.63, 3.8) is 0 Å². The lowest BCUT2D eigenvalue weighted by Gasteiger charge is -2.38. The van der Waals surface area contributed by atoms with Crippen molar-refractivity contribution in [2.45, 2.75) is 53.0 Å². The van der Waals surface area contributed by atoms with Crippen molar-refractivity contribution in [3.05, 3.63) is 0 Å². The Morgan fingerprint density at radius 1 is 1.35 bits per heavy atom. The number of hydrogen-bond acceptors (Lipinski definition) is 4. The van der Waals surface area contributed by atoms with Gasteiger partial charge in [0.15, 0.2) is 0 Å². The first-order chi connectivity index (χ1) is 9.55. The van der Waals surface area contributed by atoms with Crippen LogP contribution in [0.4, 0.5) is 0 Å². The van der Waals surface area contributed by atoms with Gasteiger partial charge in [0.1, 0.15) is 0 Å². The lowest BCUT2D eigenvalue weighted by atomic mass is 9.91. The van der Waals surface area contributed by atoms with Gasteiger partial charge in [-0.15, -0.1) is 0 Å². The first-order valence-corrected chi connectivity index (χ1v) is 8.16. The van der Waals surface area contributed by atoms with E-state index < -0.39 is 0 Å². The summed E-state index contributed by atoms with van der Waals surface area (Å²) in [6.07, 6.45) is 2.82. The highest BCUT2D eigenvalue weighted by Crippen LogP contribution is 2.21. The quantitative estimate of drug-likeness (QED) is 0.694. The van der Waals surface area contributed by atoms with Crippen molar-refractivity contribution in [3.8, 4) is 0 Å². The van der Waals surface area contributed by atoms with Crippen molar-refractivity contribution < 1.29 is 9.53 Å². The number of ether oxygens (including phenoxy) is 1. The van der Waals surface area contributed by atoms with Crippen molar-refractivity contribution >= 4 is 5.97 Å². The minimum absolute atomic E-state index is 0.0431. The smallest absolute Gasteiger partial charge is 0.306 e. The van der Waals surface area contributed by atoms with Crippen LogP contribution in [0.5, 0.6) is 0 Å². The summed E-state index contributed by atoms with van der Waals surface area (Å²) in [4.78, 5) is 14.2. The second kappa shape index (κ2) is 9.35. The molecule has 4 heteroatoms. The fraction of sp³-hybridized carbons (Fsp3) is 0.938. The Morgan fingerprint density at radius 2 is 2.10 bits per heavy atom. The molecule has 1 rings (SSSR count). The summed E-state index contributed by atoms with van der Waals surface area (Å²) in [5.41, 5.74) is 0. The van der Waals surface area contributed by atoms with Crippen LogP contribution in [0, 0.1) is 11.8 Å². The van der Waals surface area contributed by atoms with Crippen LogP contribution in [0.25, 0.3) is 0 Å². The first kappa shape index (κ1) is 17.4. The zero-order chi connectivity index (χ0) is 15.0. The maximum atomic E-state index is 11.7. The molecule has 0 aromatic heterocycles. The van der Waals surface area contributed by atoms with E-state index in [0.717, 1.165) is 32.6 Å². The molecule has 0 aliphatic carbocycles. The van der Waals surface area contributed by atoms with Crippen molar-refractivity contribution in [2.75, 3.05) is 32.8 Å². The molecule has 0 spiro atoms. The summed E-state index contributed by atoms with van der Waals surface area (Å²) in [6.45, 7) is 13.4. The van der Waals surface area contributed by atoms with E-state index in [1.807, 2.05) is 6.92 Å². The number of nitrogens with one attached hydrogen (secondary N) is 1. The van der Waals surface area contributed by atoms with Gasteiger partial charge in [-0.25, -0.2) is 0 Å². The molecule has 1 fully saturated rings. The molecule has 0 aromatic rings. The number of rotatable bonds is 8. The van der Waals surface area contributed by atoms with Gasteiger partial charge in [-0.3, -0.25) is 4.79 Å². The standard InChI is InChI=1S/C16H32N2O2/c1-5-7-18-11-14(9-16(19)20-6-2)8-15(12-18)17-10-13(3)4/h13-15,17H,5-12H2,1-4H3. The molecule has 118 valence electrons. The normalized spacial score (nSPS) is 24.1. The fourth-order valence-corrected chi connectivity index (χ4v) is 2.96. The van der Waals surface area contributed by atoms with Gasteiger partial charge in [0.2, 0.25) is 0 Å². The third-order valence-electron chi connectivity index (χ3n) is 3.73. The Labute approximate surface area is 124 Å². The summed E-state index contributed by atoms with van der Waals surface area (Å²) in [6, 6.07) is 0.511. The maximum absolute atomic E-state index is 11.7. The molecule has 0 aromatic carbocycles. The number of esters is 1. The Kier molecular flexibility index (Phi) is 8.15. The first-order valence-electron chi connectivity index (χ1n) is 8.16. The zero-order valence-electron chi connectivity index (χ0n) is 13.7. The summed E-state index contributed by atoms with van der Waals surface area (Å²) in [5.74, 6) is 1.05. The average molecular weight is 284 g/mol. The highest BCUT2D eigenvalue weighted by atomic mass is 16.5. The average Bonchev–Trinajstić information content (AvgIpc) is 2.36. The van der Waals surface area contributed by atoms with Gasteiger partial charge in [0, 0.05) is 25.6 Å².